The summed E-state index contributed by atoms with van der Waals surface area (Å²) in [5.41, 5.74) is -0.109. The van der Waals surface area contributed by atoms with E-state index < -0.39 is 29.6 Å². The molecule has 0 radical (unpaired) electrons. The van der Waals surface area contributed by atoms with Crippen molar-refractivity contribution in [1.29, 1.82) is 5.26 Å². The molecule has 174 valence electrons. The molecule has 1 aliphatic carbocycles. The van der Waals surface area contributed by atoms with Crippen LogP contribution >= 0.6 is 0 Å². The Morgan fingerprint density at radius 1 is 1.24 bits per heavy atom. The summed E-state index contributed by atoms with van der Waals surface area (Å²) in [5, 5.41) is 9.65. The van der Waals surface area contributed by atoms with E-state index in [0.717, 1.165) is 12.1 Å². The Balaban J connectivity index is 1.45. The molecule has 0 N–H and O–H groups in total. The van der Waals surface area contributed by atoms with Crippen molar-refractivity contribution in [1.82, 2.24) is 14.5 Å². The van der Waals surface area contributed by atoms with E-state index in [1.54, 1.807) is 6.20 Å². The highest BCUT2D eigenvalue weighted by Crippen LogP contribution is 2.47. The van der Waals surface area contributed by atoms with E-state index in [4.69, 9.17) is 13.8 Å². The minimum Gasteiger partial charge on any atom is -0.487 e. The fourth-order valence-electron chi connectivity index (χ4n) is 4.15. The summed E-state index contributed by atoms with van der Waals surface area (Å²) < 4.78 is 56.7. The smallest absolute Gasteiger partial charge is 0.250 e. The number of aromatic nitrogens is 3. The lowest BCUT2D eigenvalue weighted by molar-refractivity contribution is 0.163. The molecule has 1 saturated carbocycles. The highest BCUT2D eigenvalue weighted by molar-refractivity contribution is 5.72. The first kappa shape index (κ1) is 18.6. The molecule has 3 heterocycles. The van der Waals surface area contributed by atoms with Crippen LogP contribution in [0, 0.1) is 23.0 Å². The van der Waals surface area contributed by atoms with E-state index in [2.05, 4.69) is 11.1 Å². The number of nitrogens with zero attached hydrogens (tertiary/aromatic N) is 5. The van der Waals surface area contributed by atoms with Gasteiger partial charge in [0, 0.05) is 60.9 Å². The number of halogens is 2. The van der Waals surface area contributed by atoms with Crippen molar-refractivity contribution in [3.8, 4) is 23.1 Å². The van der Waals surface area contributed by atoms with Crippen LogP contribution in [0.1, 0.15) is 35.5 Å². The van der Waals surface area contributed by atoms with Crippen molar-refractivity contribution < 1.29 is 17.6 Å². The summed E-state index contributed by atoms with van der Waals surface area (Å²) in [6, 6.07) is 8.16. The molecule has 7 nitrogen and oxygen atoms in total. The Hall–Kier alpha value is -3.80. The van der Waals surface area contributed by atoms with E-state index in [1.807, 2.05) is 4.90 Å². The highest BCUT2D eigenvalue weighted by atomic mass is 19.1. The second-order valence-electron chi connectivity index (χ2n) is 8.63. The van der Waals surface area contributed by atoms with Gasteiger partial charge in [-0.2, -0.15) is 5.26 Å². The number of pyridine rings is 1. The SMILES string of the molecule is [2H]C([2H])([2H])n1cc(-c2nc(C3(C#N)CC3)cnc2N2CCC(Oc3ccc(F)cc3F)CC2)ccc1=O. The van der Waals surface area contributed by atoms with E-state index >= 15 is 0 Å². The number of nitriles is 1. The Kier molecular flexibility index (Phi) is 4.66. The molecule has 0 amide bonds. The molecule has 2 fully saturated rings. The number of hydrogen-bond donors (Lipinski definition) is 0. The molecule has 3 aromatic rings. The average Bonchev–Trinajstić information content (AvgIpc) is 3.67. The molecule has 5 rings (SSSR count). The third-order valence-corrected chi connectivity index (χ3v) is 6.32. The van der Waals surface area contributed by atoms with Crippen molar-refractivity contribution in [2.45, 2.75) is 37.2 Å². The van der Waals surface area contributed by atoms with Crippen LogP contribution in [-0.4, -0.2) is 33.7 Å². The topological polar surface area (TPSA) is 84.0 Å². The second-order valence-corrected chi connectivity index (χ2v) is 8.63. The minimum atomic E-state index is -2.67. The number of rotatable bonds is 5. The predicted molar refractivity (Wildman–Crippen MR) is 121 cm³/mol. The van der Waals surface area contributed by atoms with Crippen LogP contribution in [0.25, 0.3) is 11.3 Å². The maximum atomic E-state index is 14.0. The average molecular weight is 467 g/mol. The lowest BCUT2D eigenvalue weighted by Gasteiger charge is -2.34. The van der Waals surface area contributed by atoms with Crippen LogP contribution in [0.4, 0.5) is 14.6 Å². The van der Waals surface area contributed by atoms with Crippen LogP contribution in [0.5, 0.6) is 5.75 Å². The normalized spacial score (nSPS) is 19.0. The van der Waals surface area contributed by atoms with Crippen molar-refractivity contribution in [2.24, 2.45) is 6.98 Å². The Morgan fingerprint density at radius 2 is 2.03 bits per heavy atom. The third-order valence-electron chi connectivity index (χ3n) is 6.32. The molecule has 1 saturated heterocycles. The maximum Gasteiger partial charge on any atom is 0.250 e. The van der Waals surface area contributed by atoms with Crippen LogP contribution in [0.3, 0.4) is 0 Å². The van der Waals surface area contributed by atoms with Gasteiger partial charge in [0.1, 0.15) is 23.0 Å². The van der Waals surface area contributed by atoms with Gasteiger partial charge >= 0.3 is 0 Å². The zero-order chi connectivity index (χ0) is 26.4. The van der Waals surface area contributed by atoms with Gasteiger partial charge in [0.2, 0.25) is 5.56 Å². The summed E-state index contributed by atoms with van der Waals surface area (Å²) in [5.74, 6) is -0.965. The summed E-state index contributed by atoms with van der Waals surface area (Å²) >= 11 is 0. The van der Waals surface area contributed by atoms with Crippen LogP contribution in [-0.2, 0) is 12.4 Å². The number of hydrogen-bond acceptors (Lipinski definition) is 6. The molecule has 2 aromatic heterocycles. The third kappa shape index (κ3) is 4.12. The molecule has 0 bridgehead atoms. The summed E-state index contributed by atoms with van der Waals surface area (Å²) in [7, 11) is 0. The minimum absolute atomic E-state index is 0.0113. The maximum absolute atomic E-state index is 14.0. The first-order valence-corrected chi connectivity index (χ1v) is 11.0. The Morgan fingerprint density at radius 3 is 2.71 bits per heavy atom. The highest BCUT2D eigenvalue weighted by Gasteiger charge is 2.47. The first-order valence-electron chi connectivity index (χ1n) is 12.5. The summed E-state index contributed by atoms with van der Waals surface area (Å²) in [6.45, 7) is -1.71. The van der Waals surface area contributed by atoms with Gasteiger partial charge in [0.15, 0.2) is 17.4 Å². The molecular weight excluding hydrogens is 440 g/mol. The van der Waals surface area contributed by atoms with Gasteiger partial charge < -0.3 is 14.2 Å². The van der Waals surface area contributed by atoms with Gasteiger partial charge in [-0.25, -0.2) is 18.7 Å². The van der Waals surface area contributed by atoms with Gasteiger partial charge in [0.05, 0.1) is 18.0 Å². The molecule has 0 unspecified atom stereocenters. The standard InChI is InChI=1S/C25H23F2N5O2/c1-31-14-16(2-5-22(31)33)23-24(29-13-21(30-23)25(15-28)8-9-25)32-10-6-18(7-11-32)34-20-4-3-17(26)12-19(20)27/h2-5,12-14,18H,6-11H2,1H3/i1D3. The van der Waals surface area contributed by atoms with E-state index in [-0.39, 0.29) is 11.9 Å². The molecule has 9 heteroatoms. The quantitative estimate of drug-likeness (QED) is 0.570. The largest absolute Gasteiger partial charge is 0.487 e. The Bertz CT molecular complexity index is 1440. The fourth-order valence-corrected chi connectivity index (χ4v) is 4.15. The van der Waals surface area contributed by atoms with Gasteiger partial charge in [-0.15, -0.1) is 0 Å². The van der Waals surface area contributed by atoms with Gasteiger partial charge in [-0.1, -0.05) is 0 Å². The number of aryl methyl sites for hydroxylation is 1. The van der Waals surface area contributed by atoms with E-state index in [1.165, 1.54) is 24.4 Å². The molecule has 0 spiro atoms. The van der Waals surface area contributed by atoms with Gasteiger partial charge in [-0.05, 0) is 31.0 Å². The second kappa shape index (κ2) is 8.52. The van der Waals surface area contributed by atoms with Crippen molar-refractivity contribution in [3.05, 3.63) is 70.4 Å². The monoisotopic (exact) mass is 466 g/mol. The molecule has 2 aliphatic rings. The van der Waals surface area contributed by atoms with Crippen molar-refractivity contribution in [3.63, 3.8) is 0 Å². The first-order chi connectivity index (χ1) is 17.6. The zero-order valence-electron chi connectivity index (χ0n) is 21.2. The van der Waals surface area contributed by atoms with Gasteiger partial charge in [0.25, 0.3) is 0 Å². The number of benzene rings is 1. The van der Waals surface area contributed by atoms with Crippen LogP contribution in [0.2, 0.25) is 0 Å². The van der Waals surface area contributed by atoms with Crippen LogP contribution in [0.15, 0.2) is 47.5 Å². The lowest BCUT2D eigenvalue weighted by atomic mass is 10.0. The lowest BCUT2D eigenvalue weighted by Crippen LogP contribution is -2.39. The van der Waals surface area contributed by atoms with Crippen molar-refractivity contribution >= 4 is 5.82 Å². The zero-order valence-corrected chi connectivity index (χ0v) is 18.2. The summed E-state index contributed by atoms with van der Waals surface area (Å²) in [4.78, 5) is 23.5. The fraction of sp³-hybridized carbons (Fsp3) is 0.360. The van der Waals surface area contributed by atoms with E-state index in [9.17, 15) is 18.8 Å². The van der Waals surface area contributed by atoms with Gasteiger partial charge in [-0.3, -0.25) is 4.79 Å². The molecule has 0 atom stereocenters. The summed E-state index contributed by atoms with van der Waals surface area (Å²) in [6.07, 6.45) is 4.89. The molecular formula is C25H23F2N5O2. The van der Waals surface area contributed by atoms with E-state index in [0.29, 0.717) is 66.1 Å². The van der Waals surface area contributed by atoms with Crippen molar-refractivity contribution in [2.75, 3.05) is 18.0 Å². The molecule has 1 aliphatic heterocycles. The predicted octanol–water partition coefficient (Wildman–Crippen LogP) is 3.72. The molecule has 34 heavy (non-hydrogen) atoms. The number of anilines is 1. The Labute approximate surface area is 199 Å². The molecule has 1 aromatic carbocycles. The van der Waals surface area contributed by atoms with Crippen LogP contribution < -0.4 is 15.2 Å². The number of ether oxygens (including phenoxy) is 1. The number of piperidine rings is 1.